The van der Waals surface area contributed by atoms with Crippen LogP contribution in [0.2, 0.25) is 0 Å². The first kappa shape index (κ1) is 22.8. The molecular weight excluding hydrogens is 451 g/mol. The minimum atomic E-state index is -0.586. The lowest BCUT2D eigenvalue weighted by Gasteiger charge is -2.14. The summed E-state index contributed by atoms with van der Waals surface area (Å²) < 4.78 is 19.5. The molecule has 36 heavy (non-hydrogen) atoms. The molecule has 0 fully saturated rings. The van der Waals surface area contributed by atoms with Gasteiger partial charge in [0, 0.05) is 11.3 Å². The molecule has 0 heterocycles. The van der Waals surface area contributed by atoms with Crippen molar-refractivity contribution >= 4 is 39.2 Å². The first-order valence-corrected chi connectivity index (χ1v) is 11.4. The monoisotopic (exact) mass is 472 g/mol. The van der Waals surface area contributed by atoms with Crippen molar-refractivity contribution < 1.29 is 13.9 Å². The second-order valence-electron chi connectivity index (χ2n) is 8.26. The lowest BCUT2D eigenvalue weighted by molar-refractivity contribution is -0.112. The summed E-state index contributed by atoms with van der Waals surface area (Å²) in [4.78, 5) is 12.9. The van der Waals surface area contributed by atoms with Crippen LogP contribution in [-0.4, -0.2) is 5.91 Å². The van der Waals surface area contributed by atoms with Crippen LogP contribution in [0.5, 0.6) is 5.75 Å². The maximum Gasteiger partial charge on any atom is 0.266 e. The number of nitrogens with one attached hydrogen (secondary N) is 1. The van der Waals surface area contributed by atoms with E-state index in [1.807, 2.05) is 66.7 Å². The lowest BCUT2D eigenvalue weighted by atomic mass is 10.0. The Kier molecular flexibility index (Phi) is 6.42. The summed E-state index contributed by atoms with van der Waals surface area (Å²) in [6, 6.07) is 33.1. The number of rotatable bonds is 6. The van der Waals surface area contributed by atoms with Crippen molar-refractivity contribution in [2.45, 2.75) is 6.61 Å². The third-order valence-corrected chi connectivity index (χ3v) is 5.95. The number of carbonyl (C=O) groups excluding carboxylic acids is 1. The fourth-order valence-corrected chi connectivity index (χ4v) is 4.15. The van der Waals surface area contributed by atoms with Gasteiger partial charge in [0.25, 0.3) is 5.91 Å². The number of ether oxygens (including phenoxy) is 1. The van der Waals surface area contributed by atoms with Crippen molar-refractivity contribution in [2.75, 3.05) is 5.32 Å². The van der Waals surface area contributed by atoms with E-state index in [4.69, 9.17) is 4.74 Å². The molecule has 0 radical (unpaired) electrons. The molecule has 0 spiro atoms. The van der Waals surface area contributed by atoms with Crippen LogP contribution in [0.4, 0.5) is 10.1 Å². The molecule has 0 unspecified atom stereocenters. The number of halogens is 1. The highest BCUT2D eigenvalue weighted by molar-refractivity contribution is 6.11. The first-order valence-electron chi connectivity index (χ1n) is 11.4. The van der Waals surface area contributed by atoms with Gasteiger partial charge in [-0.2, -0.15) is 5.26 Å². The Morgan fingerprint density at radius 2 is 1.50 bits per heavy atom. The van der Waals surface area contributed by atoms with E-state index in [9.17, 15) is 14.4 Å². The van der Waals surface area contributed by atoms with Gasteiger partial charge >= 0.3 is 0 Å². The quantitative estimate of drug-likeness (QED) is 0.209. The average molecular weight is 473 g/mol. The third kappa shape index (κ3) is 4.79. The van der Waals surface area contributed by atoms with E-state index in [2.05, 4.69) is 23.5 Å². The number of fused-ring (bicyclic) bond motifs is 2. The molecule has 5 rings (SSSR count). The molecule has 0 bridgehead atoms. The van der Waals surface area contributed by atoms with Crippen molar-refractivity contribution in [3.8, 4) is 11.8 Å². The number of anilines is 1. The molecule has 0 atom stereocenters. The summed E-state index contributed by atoms with van der Waals surface area (Å²) in [6.07, 6.45) is 1.54. The lowest BCUT2D eigenvalue weighted by Crippen LogP contribution is -2.13. The summed E-state index contributed by atoms with van der Waals surface area (Å²) in [7, 11) is 0. The molecule has 0 aliphatic heterocycles. The van der Waals surface area contributed by atoms with Crippen LogP contribution in [-0.2, 0) is 11.4 Å². The van der Waals surface area contributed by atoms with Crippen LogP contribution in [0.3, 0.4) is 0 Å². The van der Waals surface area contributed by atoms with E-state index in [0.29, 0.717) is 23.6 Å². The van der Waals surface area contributed by atoms with Gasteiger partial charge in [0.1, 0.15) is 29.8 Å². The van der Waals surface area contributed by atoms with Gasteiger partial charge in [-0.05, 0) is 63.5 Å². The smallest absolute Gasteiger partial charge is 0.266 e. The van der Waals surface area contributed by atoms with E-state index < -0.39 is 11.7 Å². The highest BCUT2D eigenvalue weighted by Crippen LogP contribution is 2.32. The standard InChI is InChI=1S/C31H21FN2O2/c32-25-13-15-26(16-14-25)34-31(35)24(19-33)18-29-28-11-4-2-7-22(28)12-17-30(29)36-20-23-9-5-8-21-6-1-3-10-27(21)23/h1-18H,20H2,(H,34,35)/b24-18+. The highest BCUT2D eigenvalue weighted by atomic mass is 19.1. The van der Waals surface area contributed by atoms with Crippen molar-refractivity contribution in [1.82, 2.24) is 0 Å². The Hall–Kier alpha value is -4.95. The molecular formula is C31H21FN2O2. The van der Waals surface area contributed by atoms with E-state index >= 15 is 0 Å². The van der Waals surface area contributed by atoms with E-state index in [-0.39, 0.29) is 5.57 Å². The van der Waals surface area contributed by atoms with E-state index in [0.717, 1.165) is 27.1 Å². The zero-order valence-corrected chi connectivity index (χ0v) is 19.2. The van der Waals surface area contributed by atoms with Crippen LogP contribution in [0.25, 0.3) is 27.6 Å². The van der Waals surface area contributed by atoms with Gasteiger partial charge in [0.15, 0.2) is 0 Å². The summed E-state index contributed by atoms with van der Waals surface area (Å²) in [6.45, 7) is 0.324. The van der Waals surface area contributed by atoms with Gasteiger partial charge in [-0.25, -0.2) is 4.39 Å². The number of hydrogen-bond donors (Lipinski definition) is 1. The number of benzene rings is 5. The molecule has 5 heteroatoms. The Morgan fingerprint density at radius 3 is 2.25 bits per heavy atom. The number of nitrogens with zero attached hydrogens (tertiary/aromatic N) is 1. The molecule has 0 saturated carbocycles. The fraction of sp³-hybridized carbons (Fsp3) is 0.0323. The SMILES string of the molecule is N#C/C(=C\c1c(OCc2cccc3ccccc23)ccc2ccccc12)C(=O)Nc1ccc(F)cc1. The molecule has 0 aliphatic rings. The second-order valence-corrected chi connectivity index (χ2v) is 8.26. The summed E-state index contributed by atoms with van der Waals surface area (Å²) in [5, 5.41) is 16.5. The third-order valence-electron chi connectivity index (χ3n) is 5.95. The van der Waals surface area contributed by atoms with E-state index in [1.54, 1.807) is 6.08 Å². The topological polar surface area (TPSA) is 62.1 Å². The maximum atomic E-state index is 13.2. The van der Waals surface area contributed by atoms with Gasteiger partial charge in [-0.1, -0.05) is 72.8 Å². The van der Waals surface area contributed by atoms with Gasteiger partial charge < -0.3 is 10.1 Å². The molecule has 0 saturated heterocycles. The maximum absolute atomic E-state index is 13.2. The predicted molar refractivity (Wildman–Crippen MR) is 141 cm³/mol. The van der Waals surface area contributed by atoms with E-state index in [1.165, 1.54) is 24.3 Å². The molecule has 0 aliphatic carbocycles. The zero-order chi connectivity index (χ0) is 24.9. The highest BCUT2D eigenvalue weighted by Gasteiger charge is 2.14. The molecule has 1 N–H and O–H groups in total. The van der Waals surface area contributed by atoms with Crippen LogP contribution >= 0.6 is 0 Å². The Morgan fingerprint density at radius 1 is 0.833 bits per heavy atom. The Bertz CT molecular complexity index is 1640. The van der Waals surface area contributed by atoms with Crippen molar-refractivity contribution in [1.29, 1.82) is 5.26 Å². The van der Waals surface area contributed by atoms with Gasteiger partial charge in [-0.3, -0.25) is 4.79 Å². The second kappa shape index (κ2) is 10.1. The molecule has 5 aromatic carbocycles. The molecule has 1 amide bonds. The largest absolute Gasteiger partial charge is 0.488 e. The summed E-state index contributed by atoms with van der Waals surface area (Å²) in [5.74, 6) is -0.436. The minimum absolute atomic E-state index is 0.0920. The summed E-state index contributed by atoms with van der Waals surface area (Å²) in [5.41, 5.74) is 1.98. The van der Waals surface area contributed by atoms with Crippen LogP contribution in [0.1, 0.15) is 11.1 Å². The van der Waals surface area contributed by atoms with Crippen LogP contribution in [0, 0.1) is 17.1 Å². The van der Waals surface area contributed by atoms with Crippen LogP contribution in [0.15, 0.2) is 109 Å². The Balaban J connectivity index is 1.51. The molecule has 4 nitrogen and oxygen atoms in total. The van der Waals surface area contributed by atoms with Crippen molar-refractivity contribution in [3.63, 3.8) is 0 Å². The molecule has 0 aromatic heterocycles. The van der Waals surface area contributed by atoms with Crippen molar-refractivity contribution in [2.24, 2.45) is 0 Å². The first-order chi connectivity index (χ1) is 17.6. The van der Waals surface area contributed by atoms with Gasteiger partial charge in [0.2, 0.25) is 0 Å². The molecule has 174 valence electrons. The summed E-state index contributed by atoms with van der Waals surface area (Å²) >= 11 is 0. The number of hydrogen-bond acceptors (Lipinski definition) is 3. The van der Waals surface area contributed by atoms with Crippen molar-refractivity contribution in [3.05, 3.63) is 126 Å². The number of amides is 1. The normalized spacial score (nSPS) is 11.3. The van der Waals surface area contributed by atoms with Crippen LogP contribution < -0.4 is 10.1 Å². The average Bonchev–Trinajstić information content (AvgIpc) is 2.92. The molecule has 5 aromatic rings. The number of carbonyl (C=O) groups is 1. The fourth-order valence-electron chi connectivity index (χ4n) is 4.15. The predicted octanol–water partition coefficient (Wildman–Crippen LogP) is 7.26. The Labute approximate surface area is 207 Å². The minimum Gasteiger partial charge on any atom is -0.488 e. The zero-order valence-electron chi connectivity index (χ0n) is 19.2. The van der Waals surface area contributed by atoms with Gasteiger partial charge in [-0.15, -0.1) is 0 Å². The number of nitriles is 1. The van der Waals surface area contributed by atoms with Gasteiger partial charge in [0.05, 0.1) is 0 Å².